The van der Waals surface area contributed by atoms with Gasteiger partial charge in [0.2, 0.25) is 10.0 Å². The molecule has 1 heterocycles. The molecule has 24 heavy (non-hydrogen) atoms. The van der Waals surface area contributed by atoms with Crippen molar-refractivity contribution < 1.29 is 8.42 Å². The number of aromatic nitrogens is 1. The zero-order valence-corrected chi connectivity index (χ0v) is 14.8. The Labute approximate surface area is 143 Å². The van der Waals surface area contributed by atoms with Crippen molar-refractivity contribution in [2.45, 2.75) is 19.1 Å². The highest BCUT2D eigenvalue weighted by Gasteiger charge is 2.19. The summed E-state index contributed by atoms with van der Waals surface area (Å²) >= 11 is 0. The molecule has 0 spiro atoms. The number of nitrogens with one attached hydrogen (secondary N) is 1. The quantitative estimate of drug-likeness (QED) is 0.745. The van der Waals surface area contributed by atoms with Crippen molar-refractivity contribution in [2.75, 3.05) is 13.6 Å². The number of benzene rings is 2. The molecule has 0 radical (unpaired) electrons. The lowest BCUT2D eigenvalue weighted by atomic mass is 10.1. The average Bonchev–Trinajstić information content (AvgIpc) is 2.98. The van der Waals surface area contributed by atoms with Crippen LogP contribution in [0.4, 0.5) is 0 Å². The van der Waals surface area contributed by atoms with Gasteiger partial charge in [-0.05, 0) is 36.1 Å². The van der Waals surface area contributed by atoms with Crippen LogP contribution in [0, 0.1) is 6.92 Å². The zero-order chi connectivity index (χ0) is 17.2. The number of aromatic amines is 1. The van der Waals surface area contributed by atoms with E-state index in [4.69, 9.17) is 0 Å². The summed E-state index contributed by atoms with van der Waals surface area (Å²) in [5, 5.41) is 1.15. The van der Waals surface area contributed by atoms with Crippen molar-refractivity contribution in [1.29, 1.82) is 0 Å². The van der Waals surface area contributed by atoms with E-state index in [1.165, 1.54) is 4.31 Å². The number of rotatable bonds is 6. The molecule has 0 unspecified atom stereocenters. The monoisotopic (exact) mass is 342 g/mol. The third-order valence-electron chi connectivity index (χ3n) is 4.44. The third kappa shape index (κ3) is 3.52. The Kier molecular flexibility index (Phi) is 4.73. The van der Waals surface area contributed by atoms with Gasteiger partial charge in [0.05, 0.1) is 5.75 Å². The maximum atomic E-state index is 12.6. The van der Waals surface area contributed by atoms with Crippen LogP contribution < -0.4 is 0 Å². The standard InChI is InChI=1S/C19H22N2O2S/c1-15-7-3-4-8-17(15)14-24(22,23)21(2)12-11-16-13-20-19-10-6-5-9-18(16)19/h3-10,13,20H,11-12,14H2,1-2H3. The van der Waals surface area contributed by atoms with Gasteiger partial charge in [0, 0.05) is 30.7 Å². The van der Waals surface area contributed by atoms with Crippen molar-refractivity contribution >= 4 is 20.9 Å². The van der Waals surface area contributed by atoms with Gasteiger partial charge in [-0.3, -0.25) is 0 Å². The topological polar surface area (TPSA) is 53.2 Å². The van der Waals surface area contributed by atoms with Crippen LogP contribution in [-0.2, 0) is 22.2 Å². The van der Waals surface area contributed by atoms with E-state index in [1.54, 1.807) is 7.05 Å². The Morgan fingerprint density at radius 3 is 2.50 bits per heavy atom. The first-order chi connectivity index (χ1) is 11.5. The fourth-order valence-corrected chi connectivity index (χ4v) is 4.14. The number of hydrogen-bond acceptors (Lipinski definition) is 2. The zero-order valence-electron chi connectivity index (χ0n) is 14.0. The second kappa shape index (κ2) is 6.79. The van der Waals surface area contributed by atoms with E-state index in [0.717, 1.165) is 27.6 Å². The molecule has 3 aromatic rings. The first kappa shape index (κ1) is 16.7. The van der Waals surface area contributed by atoms with E-state index in [-0.39, 0.29) is 5.75 Å². The Morgan fingerprint density at radius 2 is 1.71 bits per heavy atom. The van der Waals surface area contributed by atoms with Crippen LogP contribution in [0.3, 0.4) is 0 Å². The Balaban J connectivity index is 1.70. The van der Waals surface area contributed by atoms with Gasteiger partial charge in [0.1, 0.15) is 0 Å². The number of nitrogens with zero attached hydrogens (tertiary/aromatic N) is 1. The molecule has 0 saturated carbocycles. The highest BCUT2D eigenvalue weighted by atomic mass is 32.2. The molecule has 0 amide bonds. The van der Waals surface area contributed by atoms with Gasteiger partial charge < -0.3 is 4.98 Å². The summed E-state index contributed by atoms with van der Waals surface area (Å²) in [6.07, 6.45) is 2.65. The molecule has 0 saturated heterocycles. The molecular formula is C19H22N2O2S. The second-order valence-electron chi connectivity index (χ2n) is 6.11. The van der Waals surface area contributed by atoms with Crippen LogP contribution in [0.5, 0.6) is 0 Å². The number of H-pyrrole nitrogens is 1. The molecule has 2 aromatic carbocycles. The number of para-hydroxylation sites is 1. The number of sulfonamides is 1. The predicted octanol–water partition coefficient (Wildman–Crippen LogP) is 3.48. The van der Waals surface area contributed by atoms with E-state index >= 15 is 0 Å². The first-order valence-electron chi connectivity index (χ1n) is 8.01. The van der Waals surface area contributed by atoms with Crippen LogP contribution in [0.25, 0.3) is 10.9 Å². The summed E-state index contributed by atoms with van der Waals surface area (Å²) in [5.41, 5.74) is 4.09. The van der Waals surface area contributed by atoms with Gasteiger partial charge >= 0.3 is 0 Å². The maximum Gasteiger partial charge on any atom is 0.218 e. The molecule has 0 aliphatic rings. The molecule has 1 aromatic heterocycles. The highest BCUT2D eigenvalue weighted by molar-refractivity contribution is 7.88. The third-order valence-corrected chi connectivity index (χ3v) is 6.25. The Hall–Kier alpha value is -2.11. The summed E-state index contributed by atoms with van der Waals surface area (Å²) < 4.78 is 26.6. The van der Waals surface area contributed by atoms with Crippen LogP contribution in [-0.4, -0.2) is 31.3 Å². The summed E-state index contributed by atoms with van der Waals surface area (Å²) in [6.45, 7) is 2.41. The molecule has 4 nitrogen and oxygen atoms in total. The average molecular weight is 342 g/mol. The van der Waals surface area contributed by atoms with E-state index in [0.29, 0.717) is 13.0 Å². The molecule has 0 aliphatic heterocycles. The number of aryl methyl sites for hydroxylation is 1. The van der Waals surface area contributed by atoms with Crippen molar-refractivity contribution in [3.8, 4) is 0 Å². The first-order valence-corrected chi connectivity index (χ1v) is 9.62. The van der Waals surface area contributed by atoms with E-state index < -0.39 is 10.0 Å². The largest absolute Gasteiger partial charge is 0.361 e. The minimum atomic E-state index is -3.32. The number of fused-ring (bicyclic) bond motifs is 1. The smallest absolute Gasteiger partial charge is 0.218 e. The fourth-order valence-electron chi connectivity index (χ4n) is 2.83. The SMILES string of the molecule is Cc1ccccc1CS(=O)(=O)N(C)CCc1c[nH]c2ccccc12. The minimum absolute atomic E-state index is 0.0457. The molecule has 5 heteroatoms. The normalized spacial score (nSPS) is 12.1. The fraction of sp³-hybridized carbons (Fsp3) is 0.263. The maximum absolute atomic E-state index is 12.6. The van der Waals surface area contributed by atoms with Gasteiger partial charge in [-0.1, -0.05) is 42.5 Å². The molecule has 0 fully saturated rings. The molecule has 3 rings (SSSR count). The minimum Gasteiger partial charge on any atom is -0.361 e. The lowest BCUT2D eigenvalue weighted by Gasteiger charge is -2.17. The van der Waals surface area contributed by atoms with Crippen LogP contribution in [0.1, 0.15) is 16.7 Å². The molecule has 1 N–H and O–H groups in total. The van der Waals surface area contributed by atoms with Gasteiger partial charge in [-0.25, -0.2) is 12.7 Å². The summed E-state index contributed by atoms with van der Waals surface area (Å²) in [5.74, 6) is 0.0457. The van der Waals surface area contributed by atoms with Crippen LogP contribution >= 0.6 is 0 Å². The van der Waals surface area contributed by atoms with Crippen molar-refractivity contribution in [3.05, 3.63) is 71.4 Å². The molecule has 0 bridgehead atoms. The Morgan fingerprint density at radius 1 is 1.00 bits per heavy atom. The van der Waals surface area contributed by atoms with Crippen molar-refractivity contribution in [3.63, 3.8) is 0 Å². The van der Waals surface area contributed by atoms with Gasteiger partial charge in [-0.15, -0.1) is 0 Å². The summed E-state index contributed by atoms with van der Waals surface area (Å²) in [6, 6.07) is 15.7. The molecular weight excluding hydrogens is 320 g/mol. The predicted molar refractivity (Wildman–Crippen MR) is 98.4 cm³/mol. The summed E-state index contributed by atoms with van der Waals surface area (Å²) in [4.78, 5) is 3.23. The van der Waals surface area contributed by atoms with E-state index in [1.807, 2.05) is 55.6 Å². The van der Waals surface area contributed by atoms with Gasteiger partial charge in [-0.2, -0.15) is 0 Å². The van der Waals surface area contributed by atoms with Crippen molar-refractivity contribution in [2.24, 2.45) is 0 Å². The lowest BCUT2D eigenvalue weighted by Crippen LogP contribution is -2.30. The number of likely N-dealkylation sites (N-methyl/N-ethyl adjacent to an activating group) is 1. The van der Waals surface area contributed by atoms with Crippen molar-refractivity contribution in [1.82, 2.24) is 9.29 Å². The van der Waals surface area contributed by atoms with Crippen LogP contribution in [0.2, 0.25) is 0 Å². The molecule has 0 aliphatic carbocycles. The van der Waals surface area contributed by atoms with Gasteiger partial charge in [0.25, 0.3) is 0 Å². The Bertz CT molecular complexity index is 945. The molecule has 0 atom stereocenters. The van der Waals surface area contributed by atoms with Gasteiger partial charge in [0.15, 0.2) is 0 Å². The van der Waals surface area contributed by atoms with E-state index in [2.05, 4.69) is 11.1 Å². The van der Waals surface area contributed by atoms with E-state index in [9.17, 15) is 8.42 Å². The molecule has 126 valence electrons. The second-order valence-corrected chi connectivity index (χ2v) is 8.19. The summed E-state index contributed by atoms with van der Waals surface area (Å²) in [7, 11) is -1.66. The lowest BCUT2D eigenvalue weighted by molar-refractivity contribution is 0.472. The number of hydrogen-bond donors (Lipinski definition) is 1. The highest BCUT2D eigenvalue weighted by Crippen LogP contribution is 2.19. The van der Waals surface area contributed by atoms with Crippen LogP contribution in [0.15, 0.2) is 54.7 Å².